The van der Waals surface area contributed by atoms with E-state index in [1.165, 1.54) is 17.7 Å². The molecule has 134 valence electrons. The highest BCUT2D eigenvalue weighted by atomic mass is 79.9. The van der Waals surface area contributed by atoms with Gasteiger partial charge in [0.15, 0.2) is 0 Å². The largest absolute Gasteiger partial charge is 0.416 e. The monoisotopic (exact) mass is 404 g/mol. The van der Waals surface area contributed by atoms with Gasteiger partial charge in [0.1, 0.15) is 0 Å². The predicted octanol–water partition coefficient (Wildman–Crippen LogP) is 5.16. The highest BCUT2D eigenvalue weighted by Gasteiger charge is 2.32. The standard InChI is InChI=1S/C18H24BrF3N2/c1-24(2)10-9-23-12-13-3-5-14(6-4-13)16-11-15(18(20,21)22)7-8-17(16)19/h7-8,11-12,14,23H,3-6,9-10H2,1-2H3. The Balaban J connectivity index is 1.96. The molecule has 1 fully saturated rings. The first-order valence-corrected chi connectivity index (χ1v) is 8.99. The fourth-order valence-electron chi connectivity index (χ4n) is 2.98. The Morgan fingerprint density at radius 1 is 1.25 bits per heavy atom. The number of hydrogen-bond acceptors (Lipinski definition) is 2. The van der Waals surface area contributed by atoms with E-state index in [2.05, 4.69) is 32.3 Å². The molecule has 24 heavy (non-hydrogen) atoms. The third-order valence-corrected chi connectivity index (χ3v) is 5.12. The van der Waals surface area contributed by atoms with Crippen LogP contribution in [0.1, 0.15) is 42.7 Å². The number of alkyl halides is 3. The van der Waals surface area contributed by atoms with Gasteiger partial charge in [-0.1, -0.05) is 21.5 Å². The molecule has 0 atom stereocenters. The van der Waals surface area contributed by atoms with Crippen molar-refractivity contribution in [3.63, 3.8) is 0 Å². The average molecular weight is 405 g/mol. The van der Waals surface area contributed by atoms with Gasteiger partial charge in [0.2, 0.25) is 0 Å². The molecule has 0 amide bonds. The molecule has 0 aliphatic heterocycles. The fraction of sp³-hybridized carbons (Fsp3) is 0.556. The number of nitrogens with one attached hydrogen (secondary N) is 1. The second-order valence-corrected chi connectivity index (χ2v) is 7.42. The van der Waals surface area contributed by atoms with Crippen LogP contribution in [0.2, 0.25) is 0 Å². The van der Waals surface area contributed by atoms with Gasteiger partial charge < -0.3 is 10.2 Å². The molecule has 2 nitrogen and oxygen atoms in total. The minimum Gasteiger partial charge on any atom is -0.390 e. The SMILES string of the molecule is CN(C)CCNC=C1CCC(c2cc(C(F)(F)F)ccc2Br)CC1. The molecule has 1 aliphatic rings. The number of halogens is 4. The summed E-state index contributed by atoms with van der Waals surface area (Å²) in [6.07, 6.45) is 1.44. The number of likely N-dealkylation sites (N-methyl/N-ethyl adjacent to an activating group) is 1. The maximum absolute atomic E-state index is 12.9. The molecular formula is C18H24BrF3N2. The Morgan fingerprint density at radius 2 is 1.92 bits per heavy atom. The lowest BCUT2D eigenvalue weighted by Gasteiger charge is -2.26. The van der Waals surface area contributed by atoms with Gasteiger partial charge in [-0.25, -0.2) is 0 Å². The van der Waals surface area contributed by atoms with E-state index in [-0.39, 0.29) is 5.92 Å². The second kappa shape index (κ2) is 8.39. The van der Waals surface area contributed by atoms with Gasteiger partial charge in [-0.3, -0.25) is 0 Å². The number of benzene rings is 1. The Kier molecular flexibility index (Phi) is 6.75. The molecule has 0 saturated heterocycles. The van der Waals surface area contributed by atoms with E-state index in [1.54, 1.807) is 0 Å². The Morgan fingerprint density at radius 3 is 2.50 bits per heavy atom. The smallest absolute Gasteiger partial charge is 0.390 e. The summed E-state index contributed by atoms with van der Waals surface area (Å²) in [5.74, 6) is 0.181. The van der Waals surface area contributed by atoms with Gasteiger partial charge in [0.05, 0.1) is 5.56 Å². The lowest BCUT2D eigenvalue weighted by Crippen LogP contribution is -2.23. The zero-order valence-corrected chi connectivity index (χ0v) is 15.7. The van der Waals surface area contributed by atoms with Gasteiger partial charge in [0, 0.05) is 17.6 Å². The van der Waals surface area contributed by atoms with Crippen LogP contribution in [-0.2, 0) is 6.18 Å². The summed E-state index contributed by atoms with van der Waals surface area (Å²) in [6.45, 7) is 1.88. The van der Waals surface area contributed by atoms with Gasteiger partial charge >= 0.3 is 6.18 Å². The third-order valence-electron chi connectivity index (χ3n) is 4.40. The summed E-state index contributed by atoms with van der Waals surface area (Å²) < 4.78 is 39.5. The number of rotatable bonds is 5. The Hall–Kier alpha value is -1.01. The van der Waals surface area contributed by atoms with Crippen molar-refractivity contribution in [3.8, 4) is 0 Å². The zero-order chi connectivity index (χ0) is 17.7. The van der Waals surface area contributed by atoms with Crippen LogP contribution in [0.4, 0.5) is 13.2 Å². The molecule has 1 saturated carbocycles. The molecule has 0 unspecified atom stereocenters. The van der Waals surface area contributed by atoms with Gasteiger partial charge in [-0.2, -0.15) is 13.2 Å². The van der Waals surface area contributed by atoms with E-state index < -0.39 is 11.7 Å². The van der Waals surface area contributed by atoms with Crippen LogP contribution in [0.5, 0.6) is 0 Å². The minimum atomic E-state index is -4.29. The van der Waals surface area contributed by atoms with Crippen LogP contribution < -0.4 is 5.32 Å². The van der Waals surface area contributed by atoms with Crippen molar-refractivity contribution in [1.29, 1.82) is 0 Å². The molecular weight excluding hydrogens is 381 g/mol. The van der Waals surface area contributed by atoms with Crippen molar-refractivity contribution < 1.29 is 13.2 Å². The van der Waals surface area contributed by atoms with Gasteiger partial charge in [0.25, 0.3) is 0 Å². The van der Waals surface area contributed by atoms with E-state index in [9.17, 15) is 13.2 Å². The van der Waals surface area contributed by atoms with Crippen molar-refractivity contribution in [2.75, 3.05) is 27.2 Å². The molecule has 6 heteroatoms. The molecule has 1 aliphatic carbocycles. The van der Waals surface area contributed by atoms with E-state index >= 15 is 0 Å². The van der Waals surface area contributed by atoms with Crippen molar-refractivity contribution >= 4 is 15.9 Å². The van der Waals surface area contributed by atoms with Crippen molar-refractivity contribution in [2.45, 2.75) is 37.8 Å². The molecule has 2 rings (SSSR count). The lowest BCUT2D eigenvalue weighted by atomic mass is 9.81. The average Bonchev–Trinajstić information content (AvgIpc) is 2.51. The second-order valence-electron chi connectivity index (χ2n) is 6.57. The van der Waals surface area contributed by atoms with Crippen LogP contribution in [0.3, 0.4) is 0 Å². The third kappa shape index (κ3) is 5.52. The first kappa shape index (κ1) is 19.3. The van der Waals surface area contributed by atoms with Crippen LogP contribution in [0.15, 0.2) is 34.4 Å². The van der Waals surface area contributed by atoms with Crippen molar-refractivity contribution in [1.82, 2.24) is 10.2 Å². The molecule has 0 aromatic heterocycles. The quantitative estimate of drug-likeness (QED) is 0.681. The molecule has 1 aromatic rings. The van der Waals surface area contributed by atoms with Crippen LogP contribution >= 0.6 is 15.9 Å². The number of nitrogens with zero attached hydrogens (tertiary/aromatic N) is 1. The van der Waals surface area contributed by atoms with Crippen molar-refractivity contribution in [2.24, 2.45) is 0 Å². The van der Waals surface area contributed by atoms with E-state index in [0.717, 1.165) is 54.9 Å². The minimum absolute atomic E-state index is 0.181. The Labute approximate surface area is 150 Å². The van der Waals surface area contributed by atoms with Crippen LogP contribution in [0.25, 0.3) is 0 Å². The summed E-state index contributed by atoms with van der Waals surface area (Å²) >= 11 is 3.41. The summed E-state index contributed by atoms with van der Waals surface area (Å²) in [5, 5.41) is 3.32. The highest BCUT2D eigenvalue weighted by Crippen LogP contribution is 2.40. The fourth-order valence-corrected chi connectivity index (χ4v) is 3.55. The van der Waals surface area contributed by atoms with E-state index in [0.29, 0.717) is 0 Å². The molecule has 0 heterocycles. The van der Waals surface area contributed by atoms with Crippen LogP contribution in [-0.4, -0.2) is 32.1 Å². The molecule has 0 radical (unpaired) electrons. The summed E-state index contributed by atoms with van der Waals surface area (Å²) in [5.41, 5.74) is 1.57. The van der Waals surface area contributed by atoms with E-state index in [4.69, 9.17) is 0 Å². The Bertz CT molecular complexity index is 572. The zero-order valence-electron chi connectivity index (χ0n) is 14.1. The van der Waals surface area contributed by atoms with Gasteiger partial charge in [-0.15, -0.1) is 0 Å². The molecule has 1 aromatic carbocycles. The number of allylic oxidation sites excluding steroid dienone is 1. The molecule has 0 bridgehead atoms. The van der Waals surface area contributed by atoms with E-state index in [1.807, 2.05) is 14.1 Å². The summed E-state index contributed by atoms with van der Waals surface area (Å²) in [7, 11) is 4.07. The highest BCUT2D eigenvalue weighted by molar-refractivity contribution is 9.10. The normalized spacial score (nSPS) is 18.8. The predicted molar refractivity (Wildman–Crippen MR) is 95.0 cm³/mol. The number of hydrogen-bond donors (Lipinski definition) is 1. The maximum atomic E-state index is 12.9. The first-order chi connectivity index (χ1) is 11.3. The molecule has 0 spiro atoms. The van der Waals surface area contributed by atoms with Gasteiger partial charge in [-0.05, 0) is 75.7 Å². The summed E-state index contributed by atoms with van der Waals surface area (Å²) in [6, 6.07) is 3.96. The topological polar surface area (TPSA) is 15.3 Å². The molecule has 1 N–H and O–H groups in total. The first-order valence-electron chi connectivity index (χ1n) is 8.20. The van der Waals surface area contributed by atoms with Crippen molar-refractivity contribution in [3.05, 3.63) is 45.6 Å². The maximum Gasteiger partial charge on any atom is 0.416 e. The van der Waals surface area contributed by atoms with Crippen LogP contribution in [0, 0.1) is 0 Å². The lowest BCUT2D eigenvalue weighted by molar-refractivity contribution is -0.137. The summed E-state index contributed by atoms with van der Waals surface area (Å²) in [4.78, 5) is 2.12.